The number of anilines is 2. The van der Waals surface area contributed by atoms with E-state index in [1.54, 1.807) is 6.07 Å². The number of nitrogens with one attached hydrogen (secondary N) is 1. The quantitative estimate of drug-likeness (QED) is 0.619. The van der Waals surface area contributed by atoms with Crippen LogP contribution in [0.5, 0.6) is 0 Å². The lowest BCUT2D eigenvalue weighted by atomic mass is 10.1. The number of aryl methyl sites for hydroxylation is 1. The smallest absolute Gasteiger partial charge is 0.224 e. The molecule has 0 bridgehead atoms. The molecule has 0 spiro atoms. The number of amides is 1. The van der Waals surface area contributed by atoms with Gasteiger partial charge in [-0.15, -0.1) is 0 Å². The monoisotopic (exact) mass is 276 g/mol. The van der Waals surface area contributed by atoms with Gasteiger partial charge in [0.15, 0.2) is 0 Å². The zero-order chi connectivity index (χ0) is 14.4. The number of nitrogens with two attached hydrogens (primary N) is 1. The SMILES string of the molecule is Cc1cc(N)ccc1NC(=O)CCCOC1CCCC1. The van der Waals surface area contributed by atoms with Crippen LogP contribution in [0, 0.1) is 6.92 Å². The van der Waals surface area contributed by atoms with Gasteiger partial charge in [0, 0.05) is 24.4 Å². The molecule has 0 unspecified atom stereocenters. The third-order valence-corrected chi connectivity index (χ3v) is 3.73. The summed E-state index contributed by atoms with van der Waals surface area (Å²) in [6, 6.07) is 5.50. The number of benzene rings is 1. The predicted octanol–water partition coefficient (Wildman–Crippen LogP) is 3.26. The summed E-state index contributed by atoms with van der Waals surface area (Å²) < 4.78 is 5.75. The first kappa shape index (κ1) is 14.9. The van der Waals surface area contributed by atoms with Gasteiger partial charge < -0.3 is 15.8 Å². The highest BCUT2D eigenvalue weighted by atomic mass is 16.5. The molecule has 0 aromatic heterocycles. The van der Waals surface area contributed by atoms with E-state index in [-0.39, 0.29) is 5.91 Å². The zero-order valence-electron chi connectivity index (χ0n) is 12.2. The van der Waals surface area contributed by atoms with Gasteiger partial charge in [0.2, 0.25) is 5.91 Å². The summed E-state index contributed by atoms with van der Waals surface area (Å²) in [5.41, 5.74) is 8.22. The van der Waals surface area contributed by atoms with Crippen LogP contribution >= 0.6 is 0 Å². The molecule has 0 radical (unpaired) electrons. The molecule has 1 saturated carbocycles. The second-order valence-electron chi connectivity index (χ2n) is 5.50. The average Bonchev–Trinajstić information content (AvgIpc) is 2.91. The number of hydrogen-bond acceptors (Lipinski definition) is 3. The third-order valence-electron chi connectivity index (χ3n) is 3.73. The summed E-state index contributed by atoms with van der Waals surface area (Å²) in [5.74, 6) is 0.0351. The van der Waals surface area contributed by atoms with Crippen LogP contribution in [0.25, 0.3) is 0 Å². The second kappa shape index (κ2) is 7.29. The normalized spacial score (nSPS) is 15.4. The van der Waals surface area contributed by atoms with Crippen LogP contribution in [0.1, 0.15) is 44.1 Å². The maximum atomic E-state index is 11.8. The Bertz CT molecular complexity index is 454. The first-order valence-electron chi connectivity index (χ1n) is 7.43. The van der Waals surface area contributed by atoms with Crippen LogP contribution in [0.4, 0.5) is 11.4 Å². The van der Waals surface area contributed by atoms with Crippen molar-refractivity contribution in [2.24, 2.45) is 0 Å². The average molecular weight is 276 g/mol. The number of ether oxygens (including phenoxy) is 1. The molecule has 4 heteroatoms. The molecule has 1 aliphatic carbocycles. The fourth-order valence-corrected chi connectivity index (χ4v) is 2.58. The van der Waals surface area contributed by atoms with Crippen LogP contribution in [0.2, 0.25) is 0 Å². The molecule has 0 atom stereocenters. The van der Waals surface area contributed by atoms with Gasteiger partial charge in [-0.2, -0.15) is 0 Å². The number of carbonyl (C=O) groups excluding carboxylic acids is 1. The van der Waals surface area contributed by atoms with Gasteiger partial charge in [0.25, 0.3) is 0 Å². The van der Waals surface area contributed by atoms with Crippen molar-refractivity contribution in [3.05, 3.63) is 23.8 Å². The lowest BCUT2D eigenvalue weighted by Crippen LogP contribution is -2.14. The molecule has 1 aliphatic rings. The number of nitrogen functional groups attached to an aromatic ring is 1. The summed E-state index contributed by atoms with van der Waals surface area (Å²) in [5, 5.41) is 2.92. The highest BCUT2D eigenvalue weighted by Gasteiger charge is 2.15. The Morgan fingerprint density at radius 2 is 2.15 bits per heavy atom. The van der Waals surface area contributed by atoms with Crippen molar-refractivity contribution in [1.29, 1.82) is 0 Å². The Morgan fingerprint density at radius 3 is 2.85 bits per heavy atom. The Balaban J connectivity index is 1.67. The third kappa shape index (κ3) is 4.53. The Morgan fingerprint density at radius 1 is 1.40 bits per heavy atom. The molecule has 4 nitrogen and oxygen atoms in total. The lowest BCUT2D eigenvalue weighted by Gasteiger charge is -2.11. The van der Waals surface area contributed by atoms with Gasteiger partial charge in [-0.25, -0.2) is 0 Å². The minimum atomic E-state index is 0.0351. The molecule has 0 heterocycles. The van der Waals surface area contributed by atoms with Crippen molar-refractivity contribution in [3.63, 3.8) is 0 Å². The van der Waals surface area contributed by atoms with Crippen molar-refractivity contribution in [1.82, 2.24) is 0 Å². The molecule has 0 saturated heterocycles. The largest absolute Gasteiger partial charge is 0.399 e. The van der Waals surface area contributed by atoms with Gasteiger partial charge in [-0.3, -0.25) is 4.79 Å². The second-order valence-corrected chi connectivity index (χ2v) is 5.50. The van der Waals surface area contributed by atoms with Gasteiger partial charge in [-0.1, -0.05) is 12.8 Å². The highest BCUT2D eigenvalue weighted by molar-refractivity contribution is 5.91. The van der Waals surface area contributed by atoms with E-state index in [1.165, 1.54) is 25.7 Å². The van der Waals surface area contributed by atoms with Crippen molar-refractivity contribution in [2.45, 2.75) is 51.6 Å². The first-order chi connectivity index (χ1) is 9.65. The number of carbonyl (C=O) groups is 1. The van der Waals surface area contributed by atoms with E-state index < -0.39 is 0 Å². The van der Waals surface area contributed by atoms with Crippen molar-refractivity contribution < 1.29 is 9.53 Å². The fraction of sp³-hybridized carbons (Fsp3) is 0.562. The van der Waals surface area contributed by atoms with Crippen molar-refractivity contribution >= 4 is 17.3 Å². The van der Waals surface area contributed by atoms with Gasteiger partial charge in [0.1, 0.15) is 0 Å². The van der Waals surface area contributed by atoms with E-state index in [0.717, 1.165) is 17.7 Å². The van der Waals surface area contributed by atoms with Crippen LogP contribution in [-0.4, -0.2) is 18.6 Å². The Kier molecular flexibility index (Phi) is 5.41. The molecule has 1 aromatic carbocycles. The molecule has 3 N–H and O–H groups in total. The molecule has 110 valence electrons. The van der Waals surface area contributed by atoms with E-state index >= 15 is 0 Å². The molecular weight excluding hydrogens is 252 g/mol. The van der Waals surface area contributed by atoms with Crippen molar-refractivity contribution in [2.75, 3.05) is 17.7 Å². The Hall–Kier alpha value is -1.55. The molecule has 1 aromatic rings. The topological polar surface area (TPSA) is 64.3 Å². The molecule has 2 rings (SSSR count). The fourth-order valence-electron chi connectivity index (χ4n) is 2.58. The van der Waals surface area contributed by atoms with Crippen LogP contribution in [0.15, 0.2) is 18.2 Å². The number of hydrogen-bond donors (Lipinski definition) is 2. The minimum absolute atomic E-state index is 0.0351. The summed E-state index contributed by atoms with van der Waals surface area (Å²) in [7, 11) is 0. The van der Waals surface area contributed by atoms with Crippen molar-refractivity contribution in [3.8, 4) is 0 Å². The molecule has 20 heavy (non-hydrogen) atoms. The summed E-state index contributed by atoms with van der Waals surface area (Å²) in [6.45, 7) is 2.62. The molecule has 1 fully saturated rings. The van der Waals surface area contributed by atoms with Crippen LogP contribution in [-0.2, 0) is 9.53 Å². The van der Waals surface area contributed by atoms with E-state index in [9.17, 15) is 4.79 Å². The van der Waals surface area contributed by atoms with E-state index in [1.807, 2.05) is 19.1 Å². The number of rotatable bonds is 6. The van der Waals surface area contributed by atoms with E-state index in [4.69, 9.17) is 10.5 Å². The summed E-state index contributed by atoms with van der Waals surface area (Å²) in [4.78, 5) is 11.8. The van der Waals surface area contributed by atoms with E-state index in [2.05, 4.69) is 5.32 Å². The standard InChI is InChI=1S/C16H24N2O2/c1-12-11-13(17)8-9-15(12)18-16(19)7-4-10-20-14-5-2-3-6-14/h8-9,11,14H,2-7,10,17H2,1H3,(H,18,19). The Labute approximate surface area is 120 Å². The molecule has 1 amide bonds. The molecular formula is C16H24N2O2. The first-order valence-corrected chi connectivity index (χ1v) is 7.43. The predicted molar refractivity (Wildman–Crippen MR) is 81.7 cm³/mol. The lowest BCUT2D eigenvalue weighted by molar-refractivity contribution is -0.116. The summed E-state index contributed by atoms with van der Waals surface area (Å²) >= 11 is 0. The van der Waals surface area contributed by atoms with Crippen LogP contribution in [0.3, 0.4) is 0 Å². The molecule has 0 aliphatic heterocycles. The van der Waals surface area contributed by atoms with E-state index in [0.29, 0.717) is 24.8 Å². The minimum Gasteiger partial charge on any atom is -0.399 e. The maximum absolute atomic E-state index is 11.8. The maximum Gasteiger partial charge on any atom is 0.224 e. The van der Waals surface area contributed by atoms with Gasteiger partial charge in [0.05, 0.1) is 6.10 Å². The van der Waals surface area contributed by atoms with Gasteiger partial charge >= 0.3 is 0 Å². The van der Waals surface area contributed by atoms with Gasteiger partial charge in [-0.05, 0) is 49.9 Å². The summed E-state index contributed by atoms with van der Waals surface area (Å²) in [6.07, 6.45) is 6.61. The highest BCUT2D eigenvalue weighted by Crippen LogP contribution is 2.21. The zero-order valence-corrected chi connectivity index (χ0v) is 12.2. The van der Waals surface area contributed by atoms with Crippen LogP contribution < -0.4 is 11.1 Å².